The molecule has 0 radical (unpaired) electrons. The maximum absolute atomic E-state index is 12.6. The van der Waals surface area contributed by atoms with E-state index < -0.39 is 11.3 Å². The third-order valence-electron chi connectivity index (χ3n) is 4.33. The van der Waals surface area contributed by atoms with Crippen LogP contribution in [0.25, 0.3) is 0 Å². The topological polar surface area (TPSA) is 87.5 Å². The summed E-state index contributed by atoms with van der Waals surface area (Å²) in [5.41, 5.74) is 4.20. The molecule has 0 bridgehead atoms. The quantitative estimate of drug-likeness (QED) is 0.624. The highest BCUT2D eigenvalue weighted by molar-refractivity contribution is 7.81. The van der Waals surface area contributed by atoms with E-state index in [1.54, 1.807) is 41.2 Å². The third kappa shape index (κ3) is 4.47. The van der Waals surface area contributed by atoms with Crippen molar-refractivity contribution in [1.82, 2.24) is 15.1 Å². The Morgan fingerprint density at radius 1 is 1.21 bits per heavy atom. The van der Waals surface area contributed by atoms with Gasteiger partial charge in [-0.25, -0.2) is 8.51 Å². The standard InChI is InChI=1S/C20H22N4O3S/c1-14-4-8-18(9-5-14)24(28(26)27)19-10-17(7-6-15(19)2)20(25)21-11-16-12-22-23(3)13-16/h4-10,12-13H,11H2,1-3H3,(H,21,25)(H,26,27). The number of carbonyl (C=O) groups is 1. The molecule has 2 N–H and O–H groups in total. The van der Waals surface area contributed by atoms with Gasteiger partial charge >= 0.3 is 0 Å². The number of anilines is 2. The minimum Gasteiger partial charge on any atom is -0.348 e. The zero-order valence-electron chi connectivity index (χ0n) is 15.9. The maximum Gasteiger partial charge on any atom is 0.266 e. The molecule has 8 heteroatoms. The van der Waals surface area contributed by atoms with Gasteiger partial charge in [0.05, 0.1) is 17.6 Å². The second-order valence-corrected chi connectivity index (χ2v) is 7.39. The average molecular weight is 398 g/mol. The van der Waals surface area contributed by atoms with Crippen molar-refractivity contribution in [2.45, 2.75) is 20.4 Å². The third-order valence-corrected chi connectivity index (χ3v) is 5.05. The summed E-state index contributed by atoms with van der Waals surface area (Å²) < 4.78 is 24.9. The number of rotatable bonds is 6. The molecule has 0 spiro atoms. The van der Waals surface area contributed by atoms with Crippen LogP contribution in [0.4, 0.5) is 11.4 Å². The van der Waals surface area contributed by atoms with Crippen LogP contribution in [0.2, 0.25) is 0 Å². The summed E-state index contributed by atoms with van der Waals surface area (Å²) in [7, 11) is 1.81. The molecular formula is C20H22N4O3S. The van der Waals surface area contributed by atoms with Gasteiger partial charge in [0.2, 0.25) is 0 Å². The molecule has 146 valence electrons. The van der Waals surface area contributed by atoms with Crippen LogP contribution in [-0.4, -0.2) is 24.4 Å². The zero-order valence-corrected chi connectivity index (χ0v) is 16.7. The molecular weight excluding hydrogens is 376 g/mol. The van der Waals surface area contributed by atoms with Crippen molar-refractivity contribution in [1.29, 1.82) is 0 Å². The first-order valence-electron chi connectivity index (χ1n) is 8.69. The molecule has 1 aromatic heterocycles. The first-order valence-corrected chi connectivity index (χ1v) is 9.75. The lowest BCUT2D eigenvalue weighted by molar-refractivity contribution is 0.0951. The molecule has 2 aromatic carbocycles. The van der Waals surface area contributed by atoms with Crippen LogP contribution in [0.1, 0.15) is 27.0 Å². The molecule has 0 saturated heterocycles. The van der Waals surface area contributed by atoms with Crippen molar-refractivity contribution in [3.63, 3.8) is 0 Å². The molecule has 7 nitrogen and oxygen atoms in total. The van der Waals surface area contributed by atoms with E-state index in [0.717, 1.165) is 16.7 Å². The van der Waals surface area contributed by atoms with Crippen LogP contribution in [0, 0.1) is 13.8 Å². The maximum atomic E-state index is 12.6. The van der Waals surface area contributed by atoms with E-state index >= 15 is 0 Å². The smallest absolute Gasteiger partial charge is 0.266 e. The summed E-state index contributed by atoms with van der Waals surface area (Å²) in [6.07, 6.45) is 3.52. The van der Waals surface area contributed by atoms with Gasteiger partial charge in [0, 0.05) is 30.9 Å². The number of benzene rings is 2. The number of carbonyl (C=O) groups excluding carboxylic acids is 1. The number of hydrogen-bond donors (Lipinski definition) is 2. The number of aryl methyl sites for hydroxylation is 3. The van der Waals surface area contributed by atoms with Crippen molar-refractivity contribution in [2.75, 3.05) is 4.31 Å². The van der Waals surface area contributed by atoms with Crippen LogP contribution in [-0.2, 0) is 24.9 Å². The van der Waals surface area contributed by atoms with Crippen LogP contribution >= 0.6 is 0 Å². The Bertz CT molecular complexity index is 1010. The van der Waals surface area contributed by atoms with Gasteiger partial charge in [0.15, 0.2) is 0 Å². The summed E-state index contributed by atoms with van der Waals surface area (Å²) in [6, 6.07) is 12.4. The number of hydrogen-bond acceptors (Lipinski definition) is 3. The molecule has 3 rings (SSSR count). The fraction of sp³-hybridized carbons (Fsp3) is 0.200. The van der Waals surface area contributed by atoms with Crippen molar-refractivity contribution in [3.05, 3.63) is 77.1 Å². The highest BCUT2D eigenvalue weighted by Crippen LogP contribution is 2.30. The Morgan fingerprint density at radius 2 is 1.93 bits per heavy atom. The molecule has 0 aliphatic carbocycles. The highest BCUT2D eigenvalue weighted by Gasteiger charge is 2.19. The van der Waals surface area contributed by atoms with Crippen molar-refractivity contribution in [2.24, 2.45) is 7.05 Å². The molecule has 1 atom stereocenters. The Hall–Kier alpha value is -2.97. The summed E-state index contributed by atoms with van der Waals surface area (Å²) in [5.74, 6) is -0.266. The molecule has 0 aliphatic heterocycles. The Labute approximate surface area is 166 Å². The van der Waals surface area contributed by atoms with Crippen LogP contribution in [0.3, 0.4) is 0 Å². The average Bonchev–Trinajstić information content (AvgIpc) is 3.08. The normalized spacial score (nSPS) is 11.9. The lowest BCUT2D eigenvalue weighted by Crippen LogP contribution is -2.24. The number of nitrogens with one attached hydrogen (secondary N) is 1. The number of amides is 1. The Morgan fingerprint density at radius 3 is 2.54 bits per heavy atom. The summed E-state index contributed by atoms with van der Waals surface area (Å²) >= 11 is -2.28. The summed E-state index contributed by atoms with van der Waals surface area (Å²) in [6.45, 7) is 4.13. The first kappa shape index (κ1) is 19.8. The molecule has 1 unspecified atom stereocenters. The fourth-order valence-corrected chi connectivity index (χ4v) is 3.48. The highest BCUT2D eigenvalue weighted by atomic mass is 32.2. The zero-order chi connectivity index (χ0) is 20.3. The van der Waals surface area contributed by atoms with Gasteiger partial charge in [-0.05, 0) is 43.7 Å². The number of nitrogens with zero attached hydrogens (tertiary/aromatic N) is 3. The SMILES string of the molecule is Cc1ccc(N(c2cc(C(=O)NCc3cnn(C)c3)ccc2C)S(=O)O)cc1. The number of aromatic nitrogens is 2. The predicted molar refractivity (Wildman–Crippen MR) is 110 cm³/mol. The van der Waals surface area contributed by atoms with Gasteiger partial charge in [-0.1, -0.05) is 23.8 Å². The molecule has 1 amide bonds. The van der Waals surface area contributed by atoms with Crippen molar-refractivity contribution < 1.29 is 13.6 Å². The van der Waals surface area contributed by atoms with Crippen molar-refractivity contribution >= 4 is 28.5 Å². The van der Waals surface area contributed by atoms with Gasteiger partial charge < -0.3 is 5.32 Å². The molecule has 0 aliphatic rings. The van der Waals surface area contributed by atoms with E-state index in [4.69, 9.17) is 0 Å². The van der Waals surface area contributed by atoms with Gasteiger partial charge in [0.25, 0.3) is 17.2 Å². The van der Waals surface area contributed by atoms with E-state index in [1.165, 1.54) is 4.31 Å². The van der Waals surface area contributed by atoms with E-state index in [1.807, 2.05) is 39.2 Å². The monoisotopic (exact) mass is 398 g/mol. The first-order chi connectivity index (χ1) is 13.3. The van der Waals surface area contributed by atoms with Gasteiger partial charge in [-0.15, -0.1) is 0 Å². The molecule has 3 aromatic rings. The second kappa shape index (κ2) is 8.37. The van der Waals surface area contributed by atoms with Gasteiger partial charge in [-0.3, -0.25) is 14.0 Å². The Kier molecular flexibility index (Phi) is 5.91. The van der Waals surface area contributed by atoms with Crippen molar-refractivity contribution in [3.8, 4) is 0 Å². The van der Waals surface area contributed by atoms with E-state index in [2.05, 4.69) is 10.4 Å². The van der Waals surface area contributed by atoms with Gasteiger partial charge in [-0.2, -0.15) is 5.10 Å². The van der Waals surface area contributed by atoms with Crippen LogP contribution < -0.4 is 9.62 Å². The molecule has 0 saturated carbocycles. The summed E-state index contributed by atoms with van der Waals surface area (Å²) in [5, 5.41) is 6.91. The minimum absolute atomic E-state index is 0.266. The van der Waals surface area contributed by atoms with E-state index in [0.29, 0.717) is 23.5 Å². The molecule has 1 heterocycles. The van der Waals surface area contributed by atoms with Crippen LogP contribution in [0.15, 0.2) is 54.9 Å². The van der Waals surface area contributed by atoms with Gasteiger partial charge in [0.1, 0.15) is 0 Å². The second-order valence-electron chi connectivity index (χ2n) is 6.57. The summed E-state index contributed by atoms with van der Waals surface area (Å²) in [4.78, 5) is 12.6. The Balaban J connectivity index is 1.87. The molecule has 28 heavy (non-hydrogen) atoms. The van der Waals surface area contributed by atoms with E-state index in [9.17, 15) is 13.6 Å². The van der Waals surface area contributed by atoms with Crippen LogP contribution in [0.5, 0.6) is 0 Å². The predicted octanol–water partition coefficient (Wildman–Crippen LogP) is 3.24. The minimum atomic E-state index is -2.28. The fourth-order valence-electron chi connectivity index (χ4n) is 2.81. The largest absolute Gasteiger partial charge is 0.348 e. The lowest BCUT2D eigenvalue weighted by atomic mass is 10.1. The van der Waals surface area contributed by atoms with E-state index in [-0.39, 0.29) is 5.91 Å². The molecule has 0 fully saturated rings. The lowest BCUT2D eigenvalue weighted by Gasteiger charge is -2.22.